The number of rotatable bonds is 4. The van der Waals surface area contributed by atoms with Gasteiger partial charge in [-0.15, -0.1) is 0 Å². The summed E-state index contributed by atoms with van der Waals surface area (Å²) in [6.07, 6.45) is -0.634. The molecule has 3 N–H and O–H groups in total. The van der Waals surface area contributed by atoms with Gasteiger partial charge in [-0.1, -0.05) is 24.3 Å². The van der Waals surface area contributed by atoms with Gasteiger partial charge in [0.1, 0.15) is 11.6 Å². The molecular weight excluding hydrogens is 444 g/mol. The number of ether oxygens (including phenoxy) is 1. The summed E-state index contributed by atoms with van der Waals surface area (Å²) in [4.78, 5) is 30.6. The predicted molar refractivity (Wildman–Crippen MR) is 123 cm³/mol. The van der Waals surface area contributed by atoms with Gasteiger partial charge in [0.25, 0.3) is 5.56 Å². The van der Waals surface area contributed by atoms with Crippen LogP contribution in [0, 0.1) is 11.6 Å². The number of hydrogen-bond donors (Lipinski definition) is 3. The van der Waals surface area contributed by atoms with Gasteiger partial charge in [0.2, 0.25) is 5.95 Å². The van der Waals surface area contributed by atoms with Crippen LogP contribution in [0.5, 0.6) is 0 Å². The van der Waals surface area contributed by atoms with E-state index in [1.165, 1.54) is 13.2 Å². The summed E-state index contributed by atoms with van der Waals surface area (Å²) in [5.74, 6) is -1.28. The maximum absolute atomic E-state index is 14.8. The molecule has 0 saturated carbocycles. The number of hydrogen-bond acceptors (Lipinski definition) is 5. The molecule has 0 bridgehead atoms. The summed E-state index contributed by atoms with van der Waals surface area (Å²) in [7, 11) is 1.23. The number of aromatic amines is 2. The van der Waals surface area contributed by atoms with Crippen LogP contribution in [-0.4, -0.2) is 33.4 Å². The molecule has 34 heavy (non-hydrogen) atoms. The van der Waals surface area contributed by atoms with Gasteiger partial charge in [-0.05, 0) is 35.4 Å². The van der Waals surface area contributed by atoms with Crippen molar-refractivity contribution >= 4 is 33.8 Å². The standard InChI is InChI=1S/C24H17F2N5O3/c1-34-24(33)29-23-27-19-7-6-12(9-21(19)28-23)16-8-13(17(25)11-18(16)26)10-20-14-4-2-3-5-15(14)22(32)31-30-20/h2-9,11H,10H2,1H3,(H,31,32)(H2,27,28,29,33). The Labute approximate surface area is 190 Å². The van der Waals surface area contributed by atoms with Crippen LogP contribution in [0.25, 0.3) is 32.9 Å². The fourth-order valence-electron chi connectivity index (χ4n) is 3.82. The Morgan fingerprint density at radius 2 is 1.85 bits per heavy atom. The molecule has 0 aliphatic rings. The summed E-state index contributed by atoms with van der Waals surface area (Å²) >= 11 is 0. The molecule has 0 atom stereocenters. The van der Waals surface area contributed by atoms with E-state index in [1.54, 1.807) is 42.5 Å². The molecule has 0 unspecified atom stereocenters. The first-order valence-electron chi connectivity index (χ1n) is 10.2. The van der Waals surface area contributed by atoms with Crippen LogP contribution in [0.2, 0.25) is 0 Å². The topological polar surface area (TPSA) is 113 Å². The predicted octanol–water partition coefficient (Wildman–Crippen LogP) is 4.51. The Hall–Kier alpha value is -4.60. The number of aromatic nitrogens is 4. The molecule has 0 aliphatic carbocycles. The van der Waals surface area contributed by atoms with Crippen LogP contribution in [0.1, 0.15) is 11.3 Å². The van der Waals surface area contributed by atoms with E-state index >= 15 is 0 Å². The quantitative estimate of drug-likeness (QED) is 0.364. The van der Waals surface area contributed by atoms with Gasteiger partial charge in [-0.2, -0.15) is 5.10 Å². The molecule has 0 spiro atoms. The van der Waals surface area contributed by atoms with Crippen molar-refractivity contribution < 1.29 is 18.3 Å². The third-order valence-corrected chi connectivity index (χ3v) is 5.47. The molecular formula is C24H17F2N5O3. The fraction of sp³-hybridized carbons (Fsp3) is 0.0833. The number of anilines is 1. The van der Waals surface area contributed by atoms with E-state index in [0.29, 0.717) is 33.1 Å². The lowest BCUT2D eigenvalue weighted by Crippen LogP contribution is -2.11. The Morgan fingerprint density at radius 3 is 2.65 bits per heavy atom. The molecule has 5 rings (SSSR count). The average Bonchev–Trinajstić information content (AvgIpc) is 3.23. The Balaban J connectivity index is 1.54. The second-order valence-electron chi connectivity index (χ2n) is 7.58. The average molecular weight is 461 g/mol. The fourth-order valence-corrected chi connectivity index (χ4v) is 3.82. The van der Waals surface area contributed by atoms with Crippen molar-refractivity contribution in [2.45, 2.75) is 6.42 Å². The van der Waals surface area contributed by atoms with E-state index in [1.807, 2.05) is 0 Å². The van der Waals surface area contributed by atoms with Crippen LogP contribution in [0.15, 0.2) is 59.4 Å². The van der Waals surface area contributed by atoms with E-state index in [2.05, 4.69) is 30.2 Å². The van der Waals surface area contributed by atoms with Gasteiger partial charge < -0.3 is 9.72 Å². The number of carbonyl (C=O) groups is 1. The van der Waals surface area contributed by atoms with E-state index in [4.69, 9.17) is 0 Å². The van der Waals surface area contributed by atoms with E-state index in [-0.39, 0.29) is 29.1 Å². The molecule has 0 saturated heterocycles. The van der Waals surface area contributed by atoms with Crippen molar-refractivity contribution in [3.05, 3.63) is 87.8 Å². The summed E-state index contributed by atoms with van der Waals surface area (Å²) < 4.78 is 34.0. The van der Waals surface area contributed by atoms with Crippen LogP contribution in [0.4, 0.5) is 19.5 Å². The Bertz CT molecular complexity index is 1630. The Morgan fingerprint density at radius 1 is 1.06 bits per heavy atom. The summed E-state index contributed by atoms with van der Waals surface area (Å²) in [5.41, 5.74) is 2.08. The van der Waals surface area contributed by atoms with Crippen molar-refractivity contribution in [2.75, 3.05) is 12.4 Å². The molecule has 5 aromatic rings. The molecule has 0 fully saturated rings. The van der Waals surface area contributed by atoms with Gasteiger partial charge in [0.05, 0.1) is 29.2 Å². The zero-order valence-corrected chi connectivity index (χ0v) is 17.8. The maximum atomic E-state index is 14.8. The molecule has 2 aromatic heterocycles. The number of amides is 1. The molecule has 0 aliphatic heterocycles. The zero-order chi connectivity index (χ0) is 23.8. The van der Waals surface area contributed by atoms with Gasteiger partial charge in [-0.3, -0.25) is 10.1 Å². The Kier molecular flexibility index (Phi) is 5.25. The summed E-state index contributed by atoms with van der Waals surface area (Å²) in [6.45, 7) is 0. The van der Waals surface area contributed by atoms with Crippen molar-refractivity contribution in [1.82, 2.24) is 20.2 Å². The largest absolute Gasteiger partial charge is 0.453 e. The van der Waals surface area contributed by atoms with Gasteiger partial charge in [0.15, 0.2) is 0 Å². The number of carbonyl (C=O) groups excluding carboxylic acids is 1. The number of methoxy groups -OCH3 is 1. The molecule has 10 heteroatoms. The normalized spacial score (nSPS) is 11.1. The minimum Gasteiger partial charge on any atom is -0.453 e. The first-order valence-corrected chi connectivity index (χ1v) is 10.2. The number of nitrogens with one attached hydrogen (secondary N) is 3. The molecule has 2 heterocycles. The van der Waals surface area contributed by atoms with Gasteiger partial charge in [0, 0.05) is 23.4 Å². The third-order valence-electron chi connectivity index (χ3n) is 5.47. The SMILES string of the molecule is COC(=O)Nc1nc2cc(-c3cc(Cc4n[nH]c(=O)c5ccccc45)c(F)cc3F)ccc2[nH]1. The van der Waals surface area contributed by atoms with E-state index < -0.39 is 17.7 Å². The zero-order valence-electron chi connectivity index (χ0n) is 17.8. The van der Waals surface area contributed by atoms with Crippen LogP contribution < -0.4 is 10.9 Å². The smallest absolute Gasteiger partial charge is 0.413 e. The first-order chi connectivity index (χ1) is 16.4. The number of halogens is 2. The lowest BCUT2D eigenvalue weighted by Gasteiger charge is -2.10. The molecule has 1 amide bonds. The van der Waals surface area contributed by atoms with Crippen molar-refractivity contribution in [3.8, 4) is 11.1 Å². The lowest BCUT2D eigenvalue weighted by atomic mass is 9.98. The number of H-pyrrole nitrogens is 2. The van der Waals surface area contributed by atoms with Crippen molar-refractivity contribution in [2.24, 2.45) is 0 Å². The highest BCUT2D eigenvalue weighted by atomic mass is 19.1. The number of nitrogens with zero attached hydrogens (tertiary/aromatic N) is 2. The molecule has 170 valence electrons. The highest BCUT2D eigenvalue weighted by molar-refractivity contribution is 5.88. The van der Waals surface area contributed by atoms with Crippen molar-refractivity contribution in [3.63, 3.8) is 0 Å². The lowest BCUT2D eigenvalue weighted by molar-refractivity contribution is 0.186. The number of fused-ring (bicyclic) bond motifs is 2. The van der Waals surface area contributed by atoms with Gasteiger partial charge in [-0.25, -0.2) is 23.7 Å². The highest BCUT2D eigenvalue weighted by Crippen LogP contribution is 2.30. The first kappa shape index (κ1) is 21.3. The summed E-state index contributed by atoms with van der Waals surface area (Å²) in [6, 6.07) is 14.1. The molecule has 3 aromatic carbocycles. The van der Waals surface area contributed by atoms with E-state index in [9.17, 15) is 18.4 Å². The second-order valence-corrected chi connectivity index (χ2v) is 7.58. The minimum absolute atomic E-state index is 0.0499. The van der Waals surface area contributed by atoms with Crippen LogP contribution in [-0.2, 0) is 11.2 Å². The number of imidazole rings is 1. The molecule has 8 nitrogen and oxygen atoms in total. The van der Waals surface area contributed by atoms with Crippen LogP contribution >= 0.6 is 0 Å². The molecule has 0 radical (unpaired) electrons. The second kappa shape index (κ2) is 8.39. The van der Waals surface area contributed by atoms with Gasteiger partial charge >= 0.3 is 6.09 Å². The highest BCUT2D eigenvalue weighted by Gasteiger charge is 2.16. The van der Waals surface area contributed by atoms with Crippen LogP contribution in [0.3, 0.4) is 0 Å². The maximum Gasteiger partial charge on any atom is 0.413 e. The summed E-state index contributed by atoms with van der Waals surface area (Å²) in [5, 5.41) is 9.98. The monoisotopic (exact) mass is 461 g/mol. The van der Waals surface area contributed by atoms with E-state index in [0.717, 1.165) is 6.07 Å². The minimum atomic E-state index is -0.733. The third kappa shape index (κ3) is 3.85. The number of benzene rings is 3. The van der Waals surface area contributed by atoms with Crippen molar-refractivity contribution in [1.29, 1.82) is 0 Å².